The van der Waals surface area contributed by atoms with E-state index in [9.17, 15) is 14.0 Å². The first-order valence-electron chi connectivity index (χ1n) is 8.39. The van der Waals surface area contributed by atoms with Crippen LogP contribution in [0.15, 0.2) is 42.5 Å². The Morgan fingerprint density at radius 2 is 1.85 bits per heavy atom. The predicted octanol–water partition coefficient (Wildman–Crippen LogP) is 3.47. The number of hydrogen-bond acceptors (Lipinski definition) is 4. The Kier molecular flexibility index (Phi) is 7.67. The van der Waals surface area contributed by atoms with Crippen molar-refractivity contribution in [1.82, 2.24) is 4.90 Å². The van der Waals surface area contributed by atoms with Crippen molar-refractivity contribution in [2.75, 3.05) is 31.0 Å². The summed E-state index contributed by atoms with van der Waals surface area (Å²) in [6, 6.07) is 12.1. The molecule has 0 radical (unpaired) electrons. The van der Waals surface area contributed by atoms with Crippen molar-refractivity contribution in [3.8, 4) is 5.75 Å². The molecule has 1 N–H and O–H groups in total. The van der Waals surface area contributed by atoms with E-state index in [2.05, 4.69) is 5.32 Å². The molecule has 27 heavy (non-hydrogen) atoms. The Labute approximate surface area is 162 Å². The van der Waals surface area contributed by atoms with Gasteiger partial charge >= 0.3 is 0 Å². The van der Waals surface area contributed by atoms with Crippen LogP contribution in [0.4, 0.5) is 10.1 Å². The van der Waals surface area contributed by atoms with Crippen molar-refractivity contribution in [2.45, 2.75) is 13.5 Å². The molecule has 2 aromatic rings. The van der Waals surface area contributed by atoms with Gasteiger partial charge in [0.2, 0.25) is 11.8 Å². The molecular weight excluding hydrogens is 367 g/mol. The highest BCUT2D eigenvalue weighted by molar-refractivity contribution is 8.00. The number of carbonyl (C=O) groups excluding carboxylic acids is 2. The quantitative estimate of drug-likeness (QED) is 0.750. The Bertz CT molecular complexity index is 796. The van der Waals surface area contributed by atoms with E-state index < -0.39 is 5.82 Å². The molecule has 7 heteroatoms. The summed E-state index contributed by atoms with van der Waals surface area (Å²) in [5.41, 5.74) is 2.52. The van der Waals surface area contributed by atoms with E-state index in [0.717, 1.165) is 11.3 Å². The molecule has 0 bridgehead atoms. The third-order valence-corrected chi connectivity index (χ3v) is 4.77. The minimum Gasteiger partial charge on any atom is -0.494 e. The van der Waals surface area contributed by atoms with Crippen LogP contribution >= 0.6 is 11.8 Å². The van der Waals surface area contributed by atoms with Crippen molar-refractivity contribution in [2.24, 2.45) is 0 Å². The number of hydrogen-bond donors (Lipinski definition) is 1. The van der Waals surface area contributed by atoms with Crippen LogP contribution in [0.2, 0.25) is 0 Å². The maximum absolute atomic E-state index is 13.7. The smallest absolute Gasteiger partial charge is 0.234 e. The fraction of sp³-hybridized carbons (Fsp3) is 0.300. The van der Waals surface area contributed by atoms with Crippen LogP contribution < -0.4 is 10.1 Å². The summed E-state index contributed by atoms with van der Waals surface area (Å²) in [4.78, 5) is 25.6. The van der Waals surface area contributed by atoms with E-state index in [-0.39, 0.29) is 35.6 Å². The second kappa shape index (κ2) is 9.97. The molecule has 0 unspecified atom stereocenters. The van der Waals surface area contributed by atoms with Crippen molar-refractivity contribution in [3.05, 3.63) is 59.4 Å². The van der Waals surface area contributed by atoms with Gasteiger partial charge in [0.05, 0.1) is 18.6 Å². The molecule has 2 rings (SSSR count). The second-order valence-electron chi connectivity index (χ2n) is 6.13. The fourth-order valence-electron chi connectivity index (χ4n) is 2.35. The lowest BCUT2D eigenvalue weighted by Crippen LogP contribution is -2.28. The Balaban J connectivity index is 1.75. The molecule has 0 spiro atoms. The molecule has 0 aliphatic carbocycles. The third kappa shape index (κ3) is 6.60. The highest BCUT2D eigenvalue weighted by Crippen LogP contribution is 2.18. The highest BCUT2D eigenvalue weighted by Gasteiger charge is 2.12. The molecule has 0 aliphatic rings. The topological polar surface area (TPSA) is 58.6 Å². The number of ether oxygens (including phenoxy) is 1. The first-order chi connectivity index (χ1) is 12.9. The number of methoxy groups -OCH3 is 1. The van der Waals surface area contributed by atoms with Gasteiger partial charge < -0.3 is 15.0 Å². The predicted molar refractivity (Wildman–Crippen MR) is 107 cm³/mol. The van der Waals surface area contributed by atoms with E-state index in [1.54, 1.807) is 13.1 Å². The standard InChI is InChI=1S/C20H23FN2O3S/c1-14-4-7-16(8-5-14)22-19(24)12-27-13-20(25)23(2)11-15-6-9-18(26-3)17(21)10-15/h4-10H,11-13H2,1-3H3,(H,22,24). The Hall–Kier alpha value is -2.54. The summed E-state index contributed by atoms with van der Waals surface area (Å²) in [5.74, 6) is -0.210. The molecule has 144 valence electrons. The first-order valence-corrected chi connectivity index (χ1v) is 9.55. The highest BCUT2D eigenvalue weighted by atomic mass is 32.2. The van der Waals surface area contributed by atoms with Crippen molar-refractivity contribution in [1.29, 1.82) is 0 Å². The molecule has 2 aromatic carbocycles. The van der Waals surface area contributed by atoms with Gasteiger partial charge in [0.1, 0.15) is 0 Å². The average molecular weight is 390 g/mol. The zero-order valence-electron chi connectivity index (χ0n) is 15.6. The van der Waals surface area contributed by atoms with Gasteiger partial charge in [0.25, 0.3) is 0 Å². The Morgan fingerprint density at radius 1 is 1.15 bits per heavy atom. The minimum atomic E-state index is -0.460. The lowest BCUT2D eigenvalue weighted by atomic mass is 10.2. The maximum Gasteiger partial charge on any atom is 0.234 e. The number of nitrogens with zero attached hydrogens (tertiary/aromatic N) is 1. The van der Waals surface area contributed by atoms with E-state index in [1.807, 2.05) is 31.2 Å². The third-order valence-electron chi connectivity index (χ3n) is 3.86. The molecular formula is C20H23FN2O3S. The minimum absolute atomic E-state index is 0.126. The maximum atomic E-state index is 13.7. The summed E-state index contributed by atoms with van der Waals surface area (Å²) in [6.07, 6.45) is 0. The number of nitrogens with one attached hydrogen (secondary N) is 1. The number of amides is 2. The van der Waals surface area contributed by atoms with Crippen LogP contribution in [-0.2, 0) is 16.1 Å². The summed E-state index contributed by atoms with van der Waals surface area (Å²) >= 11 is 1.24. The van der Waals surface area contributed by atoms with Gasteiger partial charge in [-0.05, 0) is 36.8 Å². The lowest BCUT2D eigenvalue weighted by molar-refractivity contribution is -0.127. The van der Waals surface area contributed by atoms with Crippen molar-refractivity contribution < 1.29 is 18.7 Å². The van der Waals surface area contributed by atoms with Gasteiger partial charge in [0, 0.05) is 19.3 Å². The summed E-state index contributed by atoms with van der Waals surface area (Å²) in [6.45, 7) is 2.26. The zero-order valence-corrected chi connectivity index (χ0v) is 16.4. The SMILES string of the molecule is COc1ccc(CN(C)C(=O)CSCC(=O)Nc2ccc(C)cc2)cc1F. The largest absolute Gasteiger partial charge is 0.494 e. The van der Waals surface area contributed by atoms with Gasteiger partial charge in [-0.3, -0.25) is 9.59 Å². The van der Waals surface area contributed by atoms with E-state index in [4.69, 9.17) is 4.74 Å². The average Bonchev–Trinajstić information content (AvgIpc) is 2.63. The number of aryl methyl sites for hydroxylation is 1. The monoisotopic (exact) mass is 390 g/mol. The first kappa shape index (κ1) is 20.8. The van der Waals surface area contributed by atoms with Crippen LogP contribution in [0, 0.1) is 12.7 Å². The molecule has 0 saturated heterocycles. The van der Waals surface area contributed by atoms with Gasteiger partial charge in [-0.25, -0.2) is 4.39 Å². The molecule has 0 heterocycles. The van der Waals surface area contributed by atoms with Gasteiger partial charge in [-0.2, -0.15) is 0 Å². The van der Waals surface area contributed by atoms with E-state index in [0.29, 0.717) is 5.56 Å². The summed E-state index contributed by atoms with van der Waals surface area (Å²) in [5, 5.41) is 2.79. The Morgan fingerprint density at radius 3 is 2.48 bits per heavy atom. The van der Waals surface area contributed by atoms with Crippen LogP contribution in [0.25, 0.3) is 0 Å². The normalized spacial score (nSPS) is 10.4. The molecule has 0 atom stereocenters. The number of halogens is 1. The molecule has 5 nitrogen and oxygen atoms in total. The van der Waals surface area contributed by atoms with Gasteiger partial charge in [-0.15, -0.1) is 11.8 Å². The van der Waals surface area contributed by atoms with E-state index in [1.165, 1.54) is 35.9 Å². The summed E-state index contributed by atoms with van der Waals surface area (Å²) < 4.78 is 18.6. The number of anilines is 1. The van der Waals surface area contributed by atoms with Gasteiger partial charge in [-0.1, -0.05) is 23.8 Å². The molecule has 2 amide bonds. The van der Waals surface area contributed by atoms with Crippen molar-refractivity contribution in [3.63, 3.8) is 0 Å². The number of benzene rings is 2. The number of carbonyl (C=O) groups is 2. The van der Waals surface area contributed by atoms with E-state index >= 15 is 0 Å². The lowest BCUT2D eigenvalue weighted by Gasteiger charge is -2.17. The fourth-order valence-corrected chi connectivity index (χ4v) is 3.10. The van der Waals surface area contributed by atoms with Crippen LogP contribution in [0.3, 0.4) is 0 Å². The molecule has 0 saturated carbocycles. The van der Waals surface area contributed by atoms with Crippen molar-refractivity contribution >= 4 is 29.3 Å². The molecule has 0 fully saturated rings. The van der Waals surface area contributed by atoms with Gasteiger partial charge in [0.15, 0.2) is 11.6 Å². The molecule has 0 aliphatic heterocycles. The van der Waals surface area contributed by atoms with Crippen LogP contribution in [-0.4, -0.2) is 42.4 Å². The second-order valence-corrected chi connectivity index (χ2v) is 7.11. The number of thioether (sulfide) groups is 1. The number of rotatable bonds is 8. The summed E-state index contributed by atoms with van der Waals surface area (Å²) in [7, 11) is 3.05. The van der Waals surface area contributed by atoms with Crippen LogP contribution in [0.5, 0.6) is 5.75 Å². The van der Waals surface area contributed by atoms with Crippen LogP contribution in [0.1, 0.15) is 11.1 Å². The molecule has 0 aromatic heterocycles. The zero-order chi connectivity index (χ0) is 19.8.